The number of hydrogen-bond donors (Lipinski definition) is 1. The van der Waals surface area contributed by atoms with Crippen molar-refractivity contribution in [2.45, 2.75) is 64.7 Å². The molecular weight excluding hydrogens is 400 g/mol. The summed E-state index contributed by atoms with van der Waals surface area (Å²) < 4.78 is 32.7. The molecule has 0 saturated carbocycles. The molecule has 1 amide bonds. The number of carbonyl (C=O) groups is 1. The number of unbranched alkanes of at least 4 members (excludes halogenated alkanes) is 5. The first-order valence-electron chi connectivity index (χ1n) is 11.3. The summed E-state index contributed by atoms with van der Waals surface area (Å²) in [5.41, 5.74) is 1.96. The summed E-state index contributed by atoms with van der Waals surface area (Å²) in [5, 5.41) is 2.95. The van der Waals surface area contributed by atoms with E-state index in [-0.39, 0.29) is 11.7 Å². The third kappa shape index (κ3) is 13.0. The van der Waals surface area contributed by atoms with E-state index in [1.807, 2.05) is 38.4 Å². The van der Waals surface area contributed by atoms with Gasteiger partial charge in [0.25, 0.3) is 5.91 Å². The predicted molar refractivity (Wildman–Crippen MR) is 121 cm³/mol. The van der Waals surface area contributed by atoms with Crippen molar-refractivity contribution < 1.29 is 22.2 Å². The van der Waals surface area contributed by atoms with E-state index in [9.17, 15) is 17.8 Å². The van der Waals surface area contributed by atoms with Crippen LogP contribution in [0.3, 0.4) is 0 Å². The topological polar surface area (TPSA) is 86.3 Å². The van der Waals surface area contributed by atoms with Crippen LogP contribution in [0, 0.1) is 0 Å². The molecule has 0 aliphatic rings. The second-order valence-corrected chi connectivity index (χ2v) is 10.3. The van der Waals surface area contributed by atoms with Crippen LogP contribution in [0.25, 0.3) is 0 Å². The molecular formula is C23H40N2O4S. The molecule has 30 heavy (non-hydrogen) atoms. The molecule has 0 unspecified atom stereocenters. The van der Waals surface area contributed by atoms with Crippen molar-refractivity contribution >= 4 is 16.0 Å². The zero-order chi connectivity index (χ0) is 22.5. The number of quaternary nitrogens is 1. The Labute approximate surface area is 183 Å². The smallest absolute Gasteiger partial charge is 0.251 e. The minimum absolute atomic E-state index is 0.0659. The highest BCUT2D eigenvalue weighted by Gasteiger charge is 2.15. The maximum atomic E-state index is 12.3. The first-order chi connectivity index (χ1) is 14.1. The van der Waals surface area contributed by atoms with E-state index in [4.69, 9.17) is 0 Å². The lowest BCUT2D eigenvalue weighted by atomic mass is 10.0. The van der Waals surface area contributed by atoms with Crippen LogP contribution in [0.15, 0.2) is 24.3 Å². The highest BCUT2D eigenvalue weighted by Crippen LogP contribution is 2.11. The second kappa shape index (κ2) is 13.8. The third-order valence-corrected chi connectivity index (χ3v) is 6.21. The van der Waals surface area contributed by atoms with Gasteiger partial charge in [-0.2, -0.15) is 0 Å². The van der Waals surface area contributed by atoms with Crippen molar-refractivity contribution in [1.82, 2.24) is 5.32 Å². The molecule has 0 bridgehead atoms. The Bertz CT molecular complexity index is 715. The fourth-order valence-corrected chi connectivity index (χ4v) is 4.01. The lowest BCUT2D eigenvalue weighted by molar-refractivity contribution is -0.890. The van der Waals surface area contributed by atoms with Crippen molar-refractivity contribution in [3.05, 3.63) is 35.4 Å². The van der Waals surface area contributed by atoms with Gasteiger partial charge in [-0.25, -0.2) is 8.42 Å². The fourth-order valence-electron chi connectivity index (χ4n) is 3.52. The van der Waals surface area contributed by atoms with Gasteiger partial charge in [0.05, 0.1) is 37.3 Å². The van der Waals surface area contributed by atoms with Crippen LogP contribution in [0.5, 0.6) is 0 Å². The summed E-state index contributed by atoms with van der Waals surface area (Å²) in [6, 6.07) is 7.88. The van der Waals surface area contributed by atoms with Gasteiger partial charge in [0.15, 0.2) is 0 Å². The van der Waals surface area contributed by atoms with Crippen LogP contribution in [-0.2, 0) is 16.5 Å². The molecule has 0 atom stereocenters. The first kappa shape index (κ1) is 26.6. The Kier molecular flexibility index (Phi) is 12.2. The van der Waals surface area contributed by atoms with E-state index in [1.165, 1.54) is 44.1 Å². The lowest BCUT2D eigenvalue weighted by Gasteiger charge is -2.30. The molecule has 0 aliphatic heterocycles. The highest BCUT2D eigenvalue weighted by atomic mass is 32.2. The molecule has 1 aromatic rings. The number of aryl methyl sites for hydroxylation is 1. The maximum absolute atomic E-state index is 12.3. The van der Waals surface area contributed by atoms with E-state index in [2.05, 4.69) is 12.2 Å². The van der Waals surface area contributed by atoms with Gasteiger partial charge in [-0.15, -0.1) is 0 Å². The average Bonchev–Trinajstić information content (AvgIpc) is 2.67. The van der Waals surface area contributed by atoms with Crippen molar-refractivity contribution in [2.75, 3.05) is 39.5 Å². The lowest BCUT2D eigenvalue weighted by Crippen LogP contribution is -2.43. The number of nitrogens with one attached hydrogen (secondary N) is 1. The Morgan fingerprint density at radius 2 is 1.53 bits per heavy atom. The Hall–Kier alpha value is -1.44. The molecule has 0 saturated heterocycles. The Morgan fingerprint density at radius 3 is 2.17 bits per heavy atom. The predicted octanol–water partition coefficient (Wildman–Crippen LogP) is 3.72. The van der Waals surface area contributed by atoms with Gasteiger partial charge in [-0.05, 0) is 30.5 Å². The molecule has 1 aromatic carbocycles. The summed E-state index contributed by atoms with van der Waals surface area (Å²) in [6.07, 6.45) is 9.91. The summed E-state index contributed by atoms with van der Waals surface area (Å²) in [7, 11) is -0.141. The minimum Gasteiger partial charge on any atom is -0.748 e. The molecule has 1 rings (SSSR count). The fraction of sp³-hybridized carbons (Fsp3) is 0.696. The average molecular weight is 441 g/mol. The number of hydrogen-bond acceptors (Lipinski definition) is 4. The van der Waals surface area contributed by atoms with Crippen LogP contribution in [0.1, 0.15) is 74.2 Å². The summed E-state index contributed by atoms with van der Waals surface area (Å²) in [6.45, 7) is 4.22. The molecule has 0 heterocycles. The standard InChI is InChI=1S/C23H40N2O4S/c1-4-5-6-7-8-9-12-21-13-15-22(16-14-21)23(26)24-17-10-18-25(2,3)19-11-20-30(27,28)29/h13-16H,4-12,17-20H2,1-3H3,(H-,24,26,27,28,29). The largest absolute Gasteiger partial charge is 0.748 e. The number of rotatable bonds is 16. The van der Waals surface area contributed by atoms with Gasteiger partial charge >= 0.3 is 0 Å². The monoisotopic (exact) mass is 440 g/mol. The summed E-state index contributed by atoms with van der Waals surface area (Å²) >= 11 is 0. The molecule has 0 spiro atoms. The molecule has 1 N–H and O–H groups in total. The molecule has 0 aromatic heterocycles. The van der Waals surface area contributed by atoms with Crippen molar-refractivity contribution in [3.63, 3.8) is 0 Å². The van der Waals surface area contributed by atoms with Gasteiger partial charge < -0.3 is 14.4 Å². The summed E-state index contributed by atoms with van der Waals surface area (Å²) in [5.74, 6) is -0.385. The maximum Gasteiger partial charge on any atom is 0.251 e. The van der Waals surface area contributed by atoms with E-state index in [0.29, 0.717) is 29.6 Å². The highest BCUT2D eigenvalue weighted by molar-refractivity contribution is 7.85. The van der Waals surface area contributed by atoms with Crippen LogP contribution in [0.2, 0.25) is 0 Å². The van der Waals surface area contributed by atoms with Gasteiger partial charge in [0.1, 0.15) is 0 Å². The minimum atomic E-state index is -4.14. The Balaban J connectivity index is 2.25. The second-order valence-electron chi connectivity index (χ2n) is 8.82. The third-order valence-electron chi connectivity index (χ3n) is 5.42. The van der Waals surface area contributed by atoms with E-state index in [1.54, 1.807) is 0 Å². The Morgan fingerprint density at radius 1 is 0.933 bits per heavy atom. The molecule has 6 nitrogen and oxygen atoms in total. The van der Waals surface area contributed by atoms with E-state index < -0.39 is 10.1 Å². The van der Waals surface area contributed by atoms with Gasteiger partial charge in [-0.1, -0.05) is 51.2 Å². The van der Waals surface area contributed by atoms with Crippen molar-refractivity contribution in [2.24, 2.45) is 0 Å². The number of nitrogens with zero attached hydrogens (tertiary/aromatic N) is 1. The van der Waals surface area contributed by atoms with Gasteiger partial charge in [-0.3, -0.25) is 4.79 Å². The number of carbonyl (C=O) groups excluding carboxylic acids is 1. The van der Waals surface area contributed by atoms with Crippen LogP contribution >= 0.6 is 0 Å². The van der Waals surface area contributed by atoms with Crippen LogP contribution in [0.4, 0.5) is 0 Å². The van der Waals surface area contributed by atoms with Crippen LogP contribution in [-0.4, -0.2) is 62.8 Å². The molecule has 7 heteroatoms. The SMILES string of the molecule is CCCCCCCCc1ccc(C(=O)NCCC[N+](C)(C)CCCS(=O)(=O)[O-])cc1. The summed E-state index contributed by atoms with van der Waals surface area (Å²) in [4.78, 5) is 12.3. The van der Waals surface area contributed by atoms with Gasteiger partial charge in [0.2, 0.25) is 0 Å². The zero-order valence-electron chi connectivity index (χ0n) is 19.0. The van der Waals surface area contributed by atoms with Crippen LogP contribution < -0.4 is 5.32 Å². The number of benzene rings is 1. The van der Waals surface area contributed by atoms with Gasteiger partial charge in [0, 0.05) is 30.7 Å². The first-order valence-corrected chi connectivity index (χ1v) is 12.8. The molecule has 172 valence electrons. The zero-order valence-corrected chi connectivity index (χ0v) is 19.8. The van der Waals surface area contributed by atoms with Crippen molar-refractivity contribution in [3.8, 4) is 0 Å². The van der Waals surface area contributed by atoms with E-state index in [0.717, 1.165) is 19.4 Å². The quantitative estimate of drug-likeness (QED) is 0.241. The molecule has 0 fully saturated rings. The van der Waals surface area contributed by atoms with Crippen molar-refractivity contribution in [1.29, 1.82) is 0 Å². The molecule has 0 radical (unpaired) electrons. The molecule has 0 aliphatic carbocycles. The normalized spacial score (nSPS) is 12.1. The van der Waals surface area contributed by atoms with E-state index >= 15 is 0 Å². The number of amides is 1.